The van der Waals surface area contributed by atoms with Crippen LogP contribution in [0, 0.1) is 0 Å². The number of methoxy groups -OCH3 is 1. The monoisotopic (exact) mass is 243 g/mol. The predicted molar refractivity (Wildman–Crippen MR) is 58.0 cm³/mol. The fourth-order valence-electron chi connectivity index (χ4n) is 1.20. The fourth-order valence-corrected chi connectivity index (χ4v) is 1.61. The standard InChI is InChI=1S/C10H14BrNO/c1-7(12)5-8-3-4-9(11)10(6-8)13-2/h3-4,6-7H,5,12H2,1-2H3. The van der Waals surface area contributed by atoms with Crippen LogP contribution in [0.25, 0.3) is 0 Å². The molecule has 2 N–H and O–H groups in total. The van der Waals surface area contributed by atoms with Crippen molar-refractivity contribution < 1.29 is 4.74 Å². The van der Waals surface area contributed by atoms with E-state index < -0.39 is 0 Å². The maximum Gasteiger partial charge on any atom is 0.133 e. The number of hydrogen-bond donors (Lipinski definition) is 1. The second-order valence-electron chi connectivity index (χ2n) is 3.15. The molecule has 1 unspecified atom stereocenters. The highest BCUT2D eigenvalue weighted by Crippen LogP contribution is 2.25. The molecule has 0 fully saturated rings. The van der Waals surface area contributed by atoms with Crippen LogP contribution >= 0.6 is 15.9 Å². The Morgan fingerprint density at radius 3 is 2.77 bits per heavy atom. The number of nitrogens with two attached hydrogens (primary N) is 1. The molecule has 1 aromatic carbocycles. The maximum absolute atomic E-state index is 5.70. The summed E-state index contributed by atoms with van der Waals surface area (Å²) in [6, 6.07) is 6.23. The number of halogens is 1. The summed E-state index contributed by atoms with van der Waals surface area (Å²) in [6.07, 6.45) is 0.879. The molecule has 0 saturated carbocycles. The van der Waals surface area contributed by atoms with Crippen molar-refractivity contribution in [2.24, 2.45) is 5.73 Å². The fraction of sp³-hybridized carbons (Fsp3) is 0.400. The lowest BCUT2D eigenvalue weighted by Crippen LogP contribution is -2.17. The lowest BCUT2D eigenvalue weighted by atomic mass is 10.1. The van der Waals surface area contributed by atoms with Gasteiger partial charge in [0.15, 0.2) is 0 Å². The summed E-state index contributed by atoms with van der Waals surface area (Å²) in [5, 5.41) is 0. The van der Waals surface area contributed by atoms with E-state index in [0.29, 0.717) is 0 Å². The Morgan fingerprint density at radius 2 is 2.23 bits per heavy atom. The van der Waals surface area contributed by atoms with Crippen LogP contribution in [0.1, 0.15) is 12.5 Å². The average molecular weight is 244 g/mol. The minimum absolute atomic E-state index is 0.186. The van der Waals surface area contributed by atoms with Crippen molar-refractivity contribution in [3.63, 3.8) is 0 Å². The van der Waals surface area contributed by atoms with E-state index >= 15 is 0 Å². The molecule has 0 aliphatic heterocycles. The van der Waals surface area contributed by atoms with E-state index in [1.54, 1.807) is 7.11 Å². The molecule has 1 aromatic rings. The van der Waals surface area contributed by atoms with Gasteiger partial charge in [0, 0.05) is 6.04 Å². The van der Waals surface area contributed by atoms with Gasteiger partial charge in [0.1, 0.15) is 5.75 Å². The molecule has 13 heavy (non-hydrogen) atoms. The first-order chi connectivity index (χ1) is 6.13. The summed E-state index contributed by atoms with van der Waals surface area (Å²) in [5.74, 6) is 0.859. The quantitative estimate of drug-likeness (QED) is 0.885. The Labute approximate surface area is 87.2 Å². The molecule has 2 nitrogen and oxygen atoms in total. The molecule has 0 spiro atoms. The van der Waals surface area contributed by atoms with E-state index in [1.165, 1.54) is 5.56 Å². The van der Waals surface area contributed by atoms with Crippen LogP contribution in [0.15, 0.2) is 22.7 Å². The van der Waals surface area contributed by atoms with Crippen LogP contribution in [0.3, 0.4) is 0 Å². The third kappa shape index (κ3) is 3.01. The Kier molecular flexibility index (Phi) is 3.75. The van der Waals surface area contributed by atoms with Crippen LogP contribution in [0.2, 0.25) is 0 Å². The van der Waals surface area contributed by atoms with Crippen molar-refractivity contribution in [2.45, 2.75) is 19.4 Å². The Hall–Kier alpha value is -0.540. The van der Waals surface area contributed by atoms with E-state index in [0.717, 1.165) is 16.6 Å². The molecule has 1 rings (SSSR count). The zero-order valence-electron chi connectivity index (χ0n) is 7.88. The maximum atomic E-state index is 5.70. The largest absolute Gasteiger partial charge is 0.496 e. The summed E-state index contributed by atoms with van der Waals surface area (Å²) >= 11 is 3.40. The molecule has 0 saturated heterocycles. The van der Waals surface area contributed by atoms with Gasteiger partial charge in [0.2, 0.25) is 0 Å². The van der Waals surface area contributed by atoms with Crippen LogP contribution in [0.4, 0.5) is 0 Å². The van der Waals surface area contributed by atoms with Gasteiger partial charge in [0.25, 0.3) is 0 Å². The SMILES string of the molecule is COc1cc(CC(C)N)ccc1Br. The molecule has 0 amide bonds. The normalized spacial score (nSPS) is 12.6. The molecule has 0 aromatic heterocycles. The topological polar surface area (TPSA) is 35.2 Å². The smallest absolute Gasteiger partial charge is 0.133 e. The molecule has 0 heterocycles. The molecule has 3 heteroatoms. The van der Waals surface area contributed by atoms with Crippen molar-refractivity contribution in [1.29, 1.82) is 0 Å². The van der Waals surface area contributed by atoms with E-state index in [4.69, 9.17) is 10.5 Å². The van der Waals surface area contributed by atoms with Gasteiger partial charge in [-0.3, -0.25) is 0 Å². The lowest BCUT2D eigenvalue weighted by molar-refractivity contribution is 0.411. The number of hydrogen-bond acceptors (Lipinski definition) is 2. The molecule has 0 radical (unpaired) electrons. The second kappa shape index (κ2) is 4.63. The third-order valence-corrected chi connectivity index (χ3v) is 2.43. The van der Waals surface area contributed by atoms with Gasteiger partial charge >= 0.3 is 0 Å². The highest BCUT2D eigenvalue weighted by Gasteiger charge is 2.03. The number of benzene rings is 1. The average Bonchev–Trinajstić information content (AvgIpc) is 2.07. The van der Waals surface area contributed by atoms with Crippen molar-refractivity contribution in [2.75, 3.05) is 7.11 Å². The minimum Gasteiger partial charge on any atom is -0.496 e. The van der Waals surface area contributed by atoms with E-state index in [1.807, 2.05) is 19.1 Å². The van der Waals surface area contributed by atoms with E-state index in [2.05, 4.69) is 22.0 Å². The summed E-state index contributed by atoms with van der Waals surface area (Å²) in [4.78, 5) is 0. The molecule has 0 aliphatic carbocycles. The van der Waals surface area contributed by atoms with Gasteiger partial charge < -0.3 is 10.5 Å². The minimum atomic E-state index is 0.186. The van der Waals surface area contributed by atoms with Crippen LogP contribution in [0.5, 0.6) is 5.75 Å². The molecule has 0 bridgehead atoms. The van der Waals surface area contributed by atoms with Gasteiger partial charge in [-0.1, -0.05) is 6.07 Å². The van der Waals surface area contributed by atoms with Crippen LogP contribution in [-0.4, -0.2) is 13.2 Å². The first kappa shape index (κ1) is 10.5. The second-order valence-corrected chi connectivity index (χ2v) is 4.00. The number of ether oxygens (including phenoxy) is 1. The number of rotatable bonds is 3. The van der Waals surface area contributed by atoms with Crippen LogP contribution < -0.4 is 10.5 Å². The van der Waals surface area contributed by atoms with Crippen molar-refractivity contribution in [3.05, 3.63) is 28.2 Å². The van der Waals surface area contributed by atoms with Gasteiger partial charge in [-0.05, 0) is 47.0 Å². The van der Waals surface area contributed by atoms with Gasteiger partial charge in [-0.2, -0.15) is 0 Å². The summed E-state index contributed by atoms with van der Waals surface area (Å²) in [6.45, 7) is 1.99. The highest BCUT2D eigenvalue weighted by atomic mass is 79.9. The Bertz CT molecular complexity index is 286. The highest BCUT2D eigenvalue weighted by molar-refractivity contribution is 9.10. The lowest BCUT2D eigenvalue weighted by Gasteiger charge is -2.08. The molecular formula is C10H14BrNO. The first-order valence-electron chi connectivity index (χ1n) is 4.21. The van der Waals surface area contributed by atoms with E-state index in [-0.39, 0.29) is 6.04 Å². The van der Waals surface area contributed by atoms with E-state index in [9.17, 15) is 0 Å². The molecule has 1 atom stereocenters. The zero-order valence-corrected chi connectivity index (χ0v) is 9.47. The van der Waals surface area contributed by atoms with Crippen LogP contribution in [-0.2, 0) is 6.42 Å². The third-order valence-electron chi connectivity index (χ3n) is 1.77. The zero-order chi connectivity index (χ0) is 9.84. The molecular weight excluding hydrogens is 230 g/mol. The Morgan fingerprint density at radius 1 is 1.54 bits per heavy atom. The summed E-state index contributed by atoms with van der Waals surface area (Å²) in [7, 11) is 1.66. The summed E-state index contributed by atoms with van der Waals surface area (Å²) in [5.41, 5.74) is 6.91. The van der Waals surface area contributed by atoms with Crippen molar-refractivity contribution in [3.8, 4) is 5.75 Å². The van der Waals surface area contributed by atoms with Gasteiger partial charge in [0.05, 0.1) is 11.6 Å². The van der Waals surface area contributed by atoms with Gasteiger partial charge in [-0.15, -0.1) is 0 Å². The Balaban J connectivity index is 2.86. The first-order valence-corrected chi connectivity index (χ1v) is 5.00. The summed E-state index contributed by atoms with van der Waals surface area (Å²) < 4.78 is 6.15. The molecule has 0 aliphatic rings. The predicted octanol–water partition coefficient (Wildman–Crippen LogP) is 2.35. The van der Waals surface area contributed by atoms with Gasteiger partial charge in [-0.25, -0.2) is 0 Å². The van der Waals surface area contributed by atoms with Crippen molar-refractivity contribution >= 4 is 15.9 Å². The molecule has 72 valence electrons. The van der Waals surface area contributed by atoms with Crippen molar-refractivity contribution in [1.82, 2.24) is 0 Å².